The van der Waals surface area contributed by atoms with Crippen molar-refractivity contribution in [2.24, 2.45) is 0 Å². The summed E-state index contributed by atoms with van der Waals surface area (Å²) in [4.78, 5) is 56.9. The largest absolute Gasteiger partial charge is 0.444 e. The minimum Gasteiger partial charge on any atom is -0.444 e. The Morgan fingerprint density at radius 3 is 2.05 bits per heavy atom. The number of rotatable bonds is 10. The van der Waals surface area contributed by atoms with Gasteiger partial charge >= 0.3 is 6.09 Å². The van der Waals surface area contributed by atoms with Crippen molar-refractivity contribution in [2.75, 3.05) is 18.4 Å². The second-order valence-electron chi connectivity index (χ2n) is 15.9. The summed E-state index contributed by atoms with van der Waals surface area (Å²) in [5, 5.41) is 19.9. The molecule has 0 aromatic heterocycles. The van der Waals surface area contributed by atoms with E-state index in [4.69, 9.17) is 4.74 Å². The molecule has 0 bridgehead atoms. The monoisotopic (exact) mass is 771 g/mol. The molecule has 11 nitrogen and oxygen atoms in total. The molecule has 6 rings (SSSR count). The number of carbonyl (C=O) groups excluding carboxylic acids is 4. The molecular weight excluding hydrogens is 719 g/mol. The normalized spacial score (nSPS) is 19.8. The zero-order chi connectivity index (χ0) is 40.5. The fourth-order valence-corrected chi connectivity index (χ4v) is 7.53. The third-order valence-electron chi connectivity index (χ3n) is 10.5. The van der Waals surface area contributed by atoms with E-state index in [0.717, 1.165) is 28.8 Å². The van der Waals surface area contributed by atoms with Crippen molar-refractivity contribution in [1.82, 2.24) is 20.4 Å². The fourth-order valence-electron chi connectivity index (χ4n) is 7.53. The van der Waals surface area contributed by atoms with Gasteiger partial charge in [0.1, 0.15) is 23.9 Å². The predicted octanol–water partition coefficient (Wildman–Crippen LogP) is 6.54. The molecule has 2 saturated heterocycles. The van der Waals surface area contributed by atoms with Crippen LogP contribution in [0.5, 0.6) is 0 Å². The summed E-state index contributed by atoms with van der Waals surface area (Å²) in [7, 11) is 0. The summed E-state index contributed by atoms with van der Waals surface area (Å²) in [5.41, 5.74) is 4.04. The molecule has 3 aliphatic rings. The van der Waals surface area contributed by atoms with Gasteiger partial charge in [-0.2, -0.15) is 0 Å². The van der Waals surface area contributed by atoms with Gasteiger partial charge in [0.25, 0.3) is 5.91 Å². The summed E-state index contributed by atoms with van der Waals surface area (Å²) >= 11 is 0. The lowest BCUT2D eigenvalue weighted by atomic mass is 9.98. The minimum atomic E-state index is -1.00. The SMILES string of the molecule is CC(c1ccccc1)C(O)N1CCCC1C(=O)Nc1ccc(C#CC2=CC=C(NC(=O)C3CCCN3C(=O)C(NC(=O)OC(C)(C)C)c3ccccc3)CC2)cc1. The number of alkyl carbamates (subject to hydrolysis) is 1. The van der Waals surface area contributed by atoms with Gasteiger partial charge < -0.3 is 30.7 Å². The Hall–Kier alpha value is -5.70. The van der Waals surface area contributed by atoms with Crippen LogP contribution in [0.15, 0.2) is 108 Å². The van der Waals surface area contributed by atoms with Crippen molar-refractivity contribution in [3.05, 3.63) is 125 Å². The van der Waals surface area contributed by atoms with Crippen LogP contribution >= 0.6 is 0 Å². The summed E-state index contributed by atoms with van der Waals surface area (Å²) in [6, 6.07) is 24.1. The first kappa shape index (κ1) is 40.9. The maximum Gasteiger partial charge on any atom is 0.408 e. The third-order valence-corrected chi connectivity index (χ3v) is 10.5. The second-order valence-corrected chi connectivity index (χ2v) is 15.9. The number of amides is 4. The van der Waals surface area contributed by atoms with Crippen molar-refractivity contribution in [1.29, 1.82) is 0 Å². The van der Waals surface area contributed by atoms with Crippen LogP contribution in [0.3, 0.4) is 0 Å². The summed E-state index contributed by atoms with van der Waals surface area (Å²) in [6.07, 6.45) is 6.23. The first-order valence-electron chi connectivity index (χ1n) is 19.8. The molecule has 298 valence electrons. The van der Waals surface area contributed by atoms with Crippen molar-refractivity contribution in [3.63, 3.8) is 0 Å². The maximum absolute atomic E-state index is 13.9. The van der Waals surface area contributed by atoms with Gasteiger partial charge in [0.05, 0.1) is 6.04 Å². The van der Waals surface area contributed by atoms with Gasteiger partial charge in [0, 0.05) is 41.5 Å². The van der Waals surface area contributed by atoms with E-state index >= 15 is 0 Å². The lowest BCUT2D eigenvalue weighted by molar-refractivity contribution is -0.140. The number of anilines is 1. The van der Waals surface area contributed by atoms with E-state index in [1.54, 1.807) is 49.9 Å². The maximum atomic E-state index is 13.9. The molecule has 3 aromatic carbocycles. The van der Waals surface area contributed by atoms with Gasteiger partial charge in [-0.15, -0.1) is 0 Å². The smallest absolute Gasteiger partial charge is 0.408 e. The van der Waals surface area contributed by atoms with Crippen LogP contribution in [0, 0.1) is 11.8 Å². The topological polar surface area (TPSA) is 140 Å². The van der Waals surface area contributed by atoms with Gasteiger partial charge in [-0.25, -0.2) is 4.79 Å². The number of nitrogens with zero attached hydrogens (tertiary/aromatic N) is 2. The van der Waals surface area contributed by atoms with Gasteiger partial charge in [-0.05, 0) is 107 Å². The van der Waals surface area contributed by atoms with Gasteiger partial charge in [-0.1, -0.05) is 79.4 Å². The van der Waals surface area contributed by atoms with Crippen molar-refractivity contribution < 1.29 is 29.0 Å². The molecule has 2 fully saturated rings. The molecule has 3 aromatic rings. The molecule has 4 N–H and O–H groups in total. The zero-order valence-electron chi connectivity index (χ0n) is 33.2. The Balaban J connectivity index is 1.02. The molecule has 57 heavy (non-hydrogen) atoms. The molecule has 2 aliphatic heterocycles. The molecule has 0 radical (unpaired) electrons. The number of benzene rings is 3. The van der Waals surface area contributed by atoms with Crippen LogP contribution in [-0.4, -0.2) is 75.7 Å². The number of aliphatic hydroxyl groups excluding tert-OH is 1. The highest BCUT2D eigenvalue weighted by atomic mass is 16.6. The number of allylic oxidation sites excluding steroid dienone is 4. The number of aliphatic hydroxyl groups is 1. The molecule has 0 saturated carbocycles. The Kier molecular flexibility index (Phi) is 13.3. The van der Waals surface area contributed by atoms with E-state index in [1.807, 2.05) is 84.6 Å². The highest BCUT2D eigenvalue weighted by molar-refractivity contribution is 5.95. The van der Waals surface area contributed by atoms with E-state index in [9.17, 15) is 24.3 Å². The molecule has 5 unspecified atom stereocenters. The van der Waals surface area contributed by atoms with E-state index < -0.39 is 36.0 Å². The Morgan fingerprint density at radius 2 is 1.40 bits per heavy atom. The Morgan fingerprint density at radius 1 is 0.772 bits per heavy atom. The van der Waals surface area contributed by atoms with Crippen molar-refractivity contribution in [3.8, 4) is 11.8 Å². The van der Waals surface area contributed by atoms with Crippen LogP contribution in [0.1, 0.15) is 94.9 Å². The van der Waals surface area contributed by atoms with Crippen LogP contribution in [0.25, 0.3) is 0 Å². The van der Waals surface area contributed by atoms with Gasteiger partial charge in [-0.3, -0.25) is 19.3 Å². The highest BCUT2D eigenvalue weighted by Crippen LogP contribution is 2.29. The molecular formula is C46H53N5O6. The first-order chi connectivity index (χ1) is 27.4. The Labute approximate surface area is 335 Å². The number of carbonyl (C=O) groups is 4. The van der Waals surface area contributed by atoms with Crippen molar-refractivity contribution in [2.45, 2.75) is 102 Å². The number of likely N-dealkylation sites (tertiary alicyclic amines) is 2. The first-order valence-corrected chi connectivity index (χ1v) is 19.8. The van der Waals surface area contributed by atoms with Gasteiger partial charge in [0.15, 0.2) is 0 Å². The highest BCUT2D eigenvalue weighted by Gasteiger charge is 2.39. The molecule has 2 heterocycles. The molecule has 4 amide bonds. The van der Waals surface area contributed by atoms with E-state index in [2.05, 4.69) is 27.8 Å². The standard InChI is InChI=1S/C46H53N5O6/c1-31(34-13-7-5-8-14-34)43(54)50-29-11-17-38(50)41(52)47-36-25-21-32(22-26-36)19-20-33-23-27-37(28-24-33)48-42(53)39-18-12-30-51(39)44(55)40(35-15-9-6-10-16-35)49-45(56)57-46(2,3)4/h5-10,13-16,21-23,25-27,31,38-40,43,54H,11-12,17-18,24,28-30H2,1-4H3,(H,47,52)(H,48,53)(H,49,56). The molecule has 1 aliphatic carbocycles. The second kappa shape index (κ2) is 18.5. The van der Waals surface area contributed by atoms with E-state index in [1.165, 1.54) is 0 Å². The van der Waals surface area contributed by atoms with Crippen LogP contribution in [-0.2, 0) is 19.1 Å². The van der Waals surface area contributed by atoms with Crippen LogP contribution in [0.2, 0.25) is 0 Å². The summed E-state index contributed by atoms with van der Waals surface area (Å²) < 4.78 is 5.44. The summed E-state index contributed by atoms with van der Waals surface area (Å²) in [6.45, 7) is 8.32. The van der Waals surface area contributed by atoms with Crippen molar-refractivity contribution >= 4 is 29.5 Å². The number of hydrogen-bond donors (Lipinski definition) is 4. The molecule has 5 atom stereocenters. The zero-order valence-corrected chi connectivity index (χ0v) is 33.2. The van der Waals surface area contributed by atoms with E-state index in [-0.39, 0.29) is 23.6 Å². The molecule has 11 heteroatoms. The van der Waals surface area contributed by atoms with Crippen LogP contribution < -0.4 is 16.0 Å². The number of nitrogens with one attached hydrogen (secondary N) is 3. The lowest BCUT2D eigenvalue weighted by Crippen LogP contribution is -2.50. The van der Waals surface area contributed by atoms with E-state index in [0.29, 0.717) is 56.4 Å². The Bertz CT molecular complexity index is 2030. The molecule has 0 spiro atoms. The van der Waals surface area contributed by atoms with Crippen LogP contribution in [0.4, 0.5) is 10.5 Å². The number of ether oxygens (including phenoxy) is 1. The third kappa shape index (κ3) is 10.8. The fraction of sp³-hybridized carbons (Fsp3) is 0.391. The minimum absolute atomic E-state index is 0.131. The summed E-state index contributed by atoms with van der Waals surface area (Å²) in [5.74, 6) is 5.54. The average molecular weight is 772 g/mol. The van der Waals surface area contributed by atoms with Gasteiger partial charge in [0.2, 0.25) is 11.8 Å². The lowest BCUT2D eigenvalue weighted by Gasteiger charge is -2.32. The predicted molar refractivity (Wildman–Crippen MR) is 219 cm³/mol. The number of hydrogen-bond acceptors (Lipinski definition) is 7. The quantitative estimate of drug-likeness (QED) is 0.172. The average Bonchev–Trinajstić information content (AvgIpc) is 3.91.